The van der Waals surface area contributed by atoms with E-state index in [1.165, 1.54) is 32.4 Å². The Kier molecular flexibility index (Phi) is 4.56. The van der Waals surface area contributed by atoms with Crippen LogP contribution in [0.2, 0.25) is 0 Å². The second-order valence-electron chi connectivity index (χ2n) is 6.36. The number of amidine groups is 1. The molecular weight excluding hydrogens is 260 g/mol. The molecule has 2 unspecified atom stereocenters. The smallest absolute Gasteiger partial charge is 0.0995 e. The topological polar surface area (TPSA) is 56.4 Å². The van der Waals surface area contributed by atoms with E-state index < -0.39 is 0 Å². The van der Waals surface area contributed by atoms with Crippen molar-refractivity contribution < 1.29 is 0 Å². The molecule has 0 radical (unpaired) electrons. The molecule has 0 bridgehead atoms. The molecule has 4 nitrogen and oxygen atoms in total. The SMILES string of the molecule is N=C(N)C(CN1CCCN2CCCC2C1)c1ccccc1. The van der Waals surface area contributed by atoms with Crippen molar-refractivity contribution >= 4 is 5.84 Å². The van der Waals surface area contributed by atoms with Crippen LogP contribution in [0.15, 0.2) is 30.3 Å². The fourth-order valence-electron chi connectivity index (χ4n) is 3.78. The lowest BCUT2D eigenvalue weighted by Crippen LogP contribution is -2.40. The molecule has 0 aromatic heterocycles. The van der Waals surface area contributed by atoms with Gasteiger partial charge in [-0.2, -0.15) is 0 Å². The van der Waals surface area contributed by atoms with Gasteiger partial charge in [-0.25, -0.2) is 0 Å². The number of hydrogen-bond acceptors (Lipinski definition) is 3. The van der Waals surface area contributed by atoms with E-state index in [0.717, 1.165) is 31.2 Å². The van der Waals surface area contributed by atoms with E-state index in [2.05, 4.69) is 21.9 Å². The van der Waals surface area contributed by atoms with E-state index in [0.29, 0.717) is 0 Å². The van der Waals surface area contributed by atoms with Crippen molar-refractivity contribution in [1.82, 2.24) is 9.80 Å². The minimum Gasteiger partial charge on any atom is -0.387 e. The second-order valence-corrected chi connectivity index (χ2v) is 6.36. The quantitative estimate of drug-likeness (QED) is 0.656. The third kappa shape index (κ3) is 3.44. The number of benzene rings is 1. The summed E-state index contributed by atoms with van der Waals surface area (Å²) >= 11 is 0. The highest BCUT2D eigenvalue weighted by Gasteiger charge is 2.30. The van der Waals surface area contributed by atoms with Gasteiger partial charge in [-0.3, -0.25) is 10.3 Å². The van der Waals surface area contributed by atoms with Crippen molar-refractivity contribution in [1.29, 1.82) is 5.41 Å². The van der Waals surface area contributed by atoms with Gasteiger partial charge >= 0.3 is 0 Å². The molecule has 2 saturated heterocycles. The molecule has 1 aromatic carbocycles. The first-order valence-corrected chi connectivity index (χ1v) is 8.09. The van der Waals surface area contributed by atoms with Crippen molar-refractivity contribution in [2.24, 2.45) is 5.73 Å². The Morgan fingerprint density at radius 3 is 2.71 bits per heavy atom. The summed E-state index contributed by atoms with van der Waals surface area (Å²) in [5.74, 6) is 0.313. The van der Waals surface area contributed by atoms with Gasteiger partial charge in [-0.15, -0.1) is 0 Å². The first-order chi connectivity index (χ1) is 10.2. The zero-order valence-electron chi connectivity index (χ0n) is 12.7. The van der Waals surface area contributed by atoms with Crippen molar-refractivity contribution in [3.8, 4) is 0 Å². The Bertz CT molecular complexity index is 473. The largest absolute Gasteiger partial charge is 0.387 e. The Morgan fingerprint density at radius 1 is 1.19 bits per heavy atom. The molecule has 1 aromatic rings. The Balaban J connectivity index is 1.69. The molecule has 0 amide bonds. The van der Waals surface area contributed by atoms with Crippen molar-refractivity contribution in [2.75, 3.05) is 32.7 Å². The third-order valence-corrected chi connectivity index (χ3v) is 4.91. The molecule has 2 aliphatic heterocycles. The van der Waals surface area contributed by atoms with Crippen LogP contribution in [0.5, 0.6) is 0 Å². The zero-order chi connectivity index (χ0) is 14.7. The fraction of sp³-hybridized carbons (Fsp3) is 0.588. The van der Waals surface area contributed by atoms with Crippen LogP contribution in [0.1, 0.15) is 30.7 Å². The first kappa shape index (κ1) is 14.5. The lowest BCUT2D eigenvalue weighted by Gasteiger charge is -2.28. The molecule has 2 aliphatic rings. The molecule has 0 spiro atoms. The maximum Gasteiger partial charge on any atom is 0.0995 e. The van der Waals surface area contributed by atoms with Crippen LogP contribution in [0.4, 0.5) is 0 Å². The van der Waals surface area contributed by atoms with Gasteiger partial charge in [0.2, 0.25) is 0 Å². The van der Waals surface area contributed by atoms with Crippen molar-refractivity contribution in [2.45, 2.75) is 31.2 Å². The summed E-state index contributed by atoms with van der Waals surface area (Å²) in [7, 11) is 0. The van der Waals surface area contributed by atoms with Gasteiger partial charge in [0.15, 0.2) is 0 Å². The molecule has 2 atom stereocenters. The van der Waals surface area contributed by atoms with Crippen molar-refractivity contribution in [3.05, 3.63) is 35.9 Å². The van der Waals surface area contributed by atoms with E-state index >= 15 is 0 Å². The number of nitrogens with two attached hydrogens (primary N) is 1. The zero-order valence-corrected chi connectivity index (χ0v) is 12.7. The average molecular weight is 286 g/mol. The molecule has 3 N–H and O–H groups in total. The minimum absolute atomic E-state index is 0.0270. The van der Waals surface area contributed by atoms with Gasteiger partial charge in [-0.05, 0) is 44.5 Å². The highest BCUT2D eigenvalue weighted by atomic mass is 15.3. The molecule has 4 heteroatoms. The molecule has 3 rings (SSSR count). The molecule has 2 heterocycles. The number of fused-ring (bicyclic) bond motifs is 1. The van der Waals surface area contributed by atoms with E-state index in [9.17, 15) is 0 Å². The summed E-state index contributed by atoms with van der Waals surface area (Å²) in [5, 5.41) is 7.95. The summed E-state index contributed by atoms with van der Waals surface area (Å²) in [6.07, 6.45) is 3.90. The molecule has 114 valence electrons. The molecular formula is C17H26N4. The van der Waals surface area contributed by atoms with Gasteiger partial charge in [0, 0.05) is 19.1 Å². The maximum atomic E-state index is 7.95. The summed E-state index contributed by atoms with van der Waals surface area (Å²) in [5.41, 5.74) is 7.04. The fourth-order valence-corrected chi connectivity index (χ4v) is 3.78. The molecule has 0 saturated carbocycles. The standard InChI is InChI=1S/C17H26N4/c18-17(19)16(14-6-2-1-3-7-14)13-20-9-5-11-21-10-4-8-15(21)12-20/h1-3,6-7,15-16H,4-5,8-13H2,(H3,18,19). The van der Waals surface area contributed by atoms with Gasteiger partial charge in [0.25, 0.3) is 0 Å². The van der Waals surface area contributed by atoms with Crippen LogP contribution < -0.4 is 5.73 Å². The van der Waals surface area contributed by atoms with Crippen LogP contribution in [-0.2, 0) is 0 Å². The average Bonchev–Trinajstić information content (AvgIpc) is 2.83. The van der Waals surface area contributed by atoms with E-state index in [1.807, 2.05) is 18.2 Å². The number of rotatable bonds is 4. The van der Waals surface area contributed by atoms with Gasteiger partial charge in [-0.1, -0.05) is 30.3 Å². The molecule has 21 heavy (non-hydrogen) atoms. The van der Waals surface area contributed by atoms with E-state index in [-0.39, 0.29) is 11.8 Å². The van der Waals surface area contributed by atoms with Crippen LogP contribution in [-0.4, -0.2) is 54.4 Å². The van der Waals surface area contributed by atoms with E-state index in [1.54, 1.807) is 0 Å². The number of hydrogen-bond donors (Lipinski definition) is 2. The Labute approximate surface area is 127 Å². The number of nitrogens with zero attached hydrogens (tertiary/aromatic N) is 2. The highest BCUT2D eigenvalue weighted by molar-refractivity contribution is 5.84. The summed E-state index contributed by atoms with van der Waals surface area (Å²) in [6.45, 7) is 5.65. The number of nitrogens with one attached hydrogen (secondary N) is 1. The summed E-state index contributed by atoms with van der Waals surface area (Å²) in [4.78, 5) is 5.17. The Morgan fingerprint density at radius 2 is 1.95 bits per heavy atom. The monoisotopic (exact) mass is 286 g/mol. The van der Waals surface area contributed by atoms with Gasteiger partial charge in [0.1, 0.15) is 0 Å². The normalized spacial score (nSPS) is 25.2. The van der Waals surface area contributed by atoms with Gasteiger partial charge < -0.3 is 10.6 Å². The van der Waals surface area contributed by atoms with Gasteiger partial charge in [0.05, 0.1) is 11.8 Å². The van der Waals surface area contributed by atoms with Crippen LogP contribution in [0.3, 0.4) is 0 Å². The molecule has 0 aliphatic carbocycles. The maximum absolute atomic E-state index is 7.95. The lowest BCUT2D eigenvalue weighted by atomic mass is 9.97. The third-order valence-electron chi connectivity index (χ3n) is 4.91. The predicted octanol–water partition coefficient (Wildman–Crippen LogP) is 1.88. The lowest BCUT2D eigenvalue weighted by molar-refractivity contribution is 0.219. The highest BCUT2D eigenvalue weighted by Crippen LogP contribution is 2.24. The van der Waals surface area contributed by atoms with Crippen LogP contribution >= 0.6 is 0 Å². The van der Waals surface area contributed by atoms with Crippen molar-refractivity contribution in [3.63, 3.8) is 0 Å². The molecule has 2 fully saturated rings. The first-order valence-electron chi connectivity index (χ1n) is 8.09. The van der Waals surface area contributed by atoms with E-state index in [4.69, 9.17) is 11.1 Å². The summed E-state index contributed by atoms with van der Waals surface area (Å²) in [6, 6.07) is 11.0. The minimum atomic E-state index is 0.0270. The second kappa shape index (κ2) is 6.58. The predicted molar refractivity (Wildman–Crippen MR) is 86.7 cm³/mol. The van der Waals surface area contributed by atoms with Crippen LogP contribution in [0, 0.1) is 5.41 Å². The van der Waals surface area contributed by atoms with Crippen LogP contribution in [0.25, 0.3) is 0 Å². The summed E-state index contributed by atoms with van der Waals surface area (Å²) < 4.78 is 0. The Hall–Kier alpha value is -1.39.